The molecule has 2 aliphatic heterocycles. The molecule has 0 fully saturated rings. The Morgan fingerprint density at radius 3 is 1.71 bits per heavy atom. The van der Waals surface area contributed by atoms with Crippen molar-refractivity contribution in [1.82, 2.24) is 16.0 Å². The van der Waals surface area contributed by atoms with Crippen molar-refractivity contribution in [3.05, 3.63) is 424 Å². The van der Waals surface area contributed by atoms with Crippen LogP contribution in [0.5, 0.6) is 0 Å². The summed E-state index contributed by atoms with van der Waals surface area (Å²) in [6, 6.07) is 122. The van der Waals surface area contributed by atoms with Gasteiger partial charge in [-0.2, -0.15) is 0 Å². The van der Waals surface area contributed by atoms with Crippen LogP contribution in [0.2, 0.25) is 0 Å². The van der Waals surface area contributed by atoms with E-state index in [4.69, 9.17) is 5.73 Å². The van der Waals surface area contributed by atoms with Crippen LogP contribution in [0.25, 0.3) is 33.6 Å². The Hall–Kier alpha value is -11.5. The van der Waals surface area contributed by atoms with Crippen molar-refractivity contribution in [1.29, 1.82) is 0 Å². The van der Waals surface area contributed by atoms with Crippen LogP contribution in [-0.2, 0) is 17.4 Å². The second kappa shape index (κ2) is 23.6. The second-order valence-electron chi connectivity index (χ2n) is 25.1. The van der Waals surface area contributed by atoms with Crippen molar-refractivity contribution < 1.29 is 0 Å². The van der Waals surface area contributed by atoms with E-state index >= 15 is 0 Å². The lowest BCUT2D eigenvalue weighted by Gasteiger charge is -2.46. The minimum absolute atomic E-state index is 0.109. The molecule has 6 N–H and O–H groups in total. The molecule has 6 heteroatoms. The molecule has 1 spiro atoms. The summed E-state index contributed by atoms with van der Waals surface area (Å²) in [6.45, 7) is 0.667. The fraction of sp³-hybridized carbons (Fsp3) is 0.0682. The molecule has 13 aromatic carbocycles. The summed E-state index contributed by atoms with van der Waals surface area (Å²) in [5.41, 5.74) is 34.5. The number of fused-ring (bicyclic) bond motifs is 12. The zero-order valence-corrected chi connectivity index (χ0v) is 51.9. The number of hydrogen-bond donors (Lipinski definition) is 5. The Morgan fingerprint density at radius 2 is 1.00 bits per heavy atom. The van der Waals surface area contributed by atoms with E-state index in [2.05, 4.69) is 372 Å². The highest BCUT2D eigenvalue weighted by molar-refractivity contribution is 5.99. The summed E-state index contributed by atoms with van der Waals surface area (Å²) in [5.74, 6) is 0. The first-order chi connectivity index (χ1) is 46.5. The highest BCUT2D eigenvalue weighted by Crippen LogP contribution is 2.66. The van der Waals surface area contributed by atoms with Gasteiger partial charge in [0.1, 0.15) is 6.17 Å². The Morgan fingerprint density at radius 1 is 0.447 bits per heavy atom. The minimum Gasteiger partial charge on any atom is -0.381 e. The summed E-state index contributed by atoms with van der Waals surface area (Å²) in [7, 11) is 0. The maximum atomic E-state index is 7.49. The summed E-state index contributed by atoms with van der Waals surface area (Å²) >= 11 is 0. The summed E-state index contributed by atoms with van der Waals surface area (Å²) in [6.07, 6.45) is 4.43. The quantitative estimate of drug-likeness (QED) is 0.0747. The van der Waals surface area contributed by atoms with E-state index in [-0.39, 0.29) is 12.2 Å². The molecular weight excluding hydrogens is 1140 g/mol. The van der Waals surface area contributed by atoms with Crippen LogP contribution in [0, 0.1) is 0 Å². The standard InChI is InChI=1S/C88H68N6/c89-79(56-80(60-30-10-2-11-31-60)90-58-59-28-8-1-9-29-59)63-48-50-74-70(52-63)68-42-22-24-44-72(68)87(74,65-36-16-5-17-37-65)77-55-85-78(54-83(77)91-66-38-18-6-19-39-66)88(76-46-26-27-47-84(76)94(85)67-40-20-7-21-41-67)73-45-25-23-43-69(73)71-53-64(49-51-75(71)88)82-57-81(61-32-12-3-13-33-61)92-86(93-82)62-34-14-4-15-35-62/h1-57,79,82,86,90-93H,58,89H2. The lowest BCUT2D eigenvalue weighted by molar-refractivity contribution is 0.442. The summed E-state index contributed by atoms with van der Waals surface area (Å²) in [5, 5.41) is 15.9. The molecule has 6 nitrogen and oxygen atoms in total. The van der Waals surface area contributed by atoms with Crippen molar-refractivity contribution in [3.63, 3.8) is 0 Å². The Bertz CT molecular complexity index is 5020. The van der Waals surface area contributed by atoms with E-state index in [9.17, 15) is 0 Å². The SMILES string of the molecule is NC(C=C(NCc1ccccc1)c1ccccc1)c1ccc2c(c1)-c1ccccc1C2(c1ccccc1)c1cc2c(cc1Nc1ccccc1)C1(c3ccccc3-c3cc(C4C=C(c5ccccc5)NC(c5ccccc5)N4)ccc31)c1ccccc1N2c1ccccc1. The molecule has 5 unspecified atom stereocenters. The molecule has 4 aliphatic rings. The zero-order valence-electron chi connectivity index (χ0n) is 51.9. The highest BCUT2D eigenvalue weighted by Gasteiger charge is 2.54. The molecule has 2 aliphatic carbocycles. The number of anilines is 5. The Kier molecular flexibility index (Phi) is 14.2. The number of para-hydroxylation sites is 3. The number of benzene rings is 13. The van der Waals surface area contributed by atoms with Gasteiger partial charge in [-0.15, -0.1) is 0 Å². The third-order valence-electron chi connectivity index (χ3n) is 19.8. The Labute approximate surface area is 550 Å². The van der Waals surface area contributed by atoms with Crippen LogP contribution in [0.15, 0.2) is 346 Å². The number of rotatable bonds is 14. The van der Waals surface area contributed by atoms with Crippen LogP contribution >= 0.6 is 0 Å². The molecule has 0 saturated carbocycles. The molecule has 94 heavy (non-hydrogen) atoms. The van der Waals surface area contributed by atoms with Crippen molar-refractivity contribution in [2.45, 2.75) is 35.6 Å². The molecule has 13 aromatic rings. The van der Waals surface area contributed by atoms with Crippen LogP contribution < -0.4 is 31.9 Å². The van der Waals surface area contributed by atoms with Gasteiger partial charge in [-0.05, 0) is 167 Å². The van der Waals surface area contributed by atoms with E-state index in [1.807, 2.05) is 0 Å². The molecule has 0 aromatic heterocycles. The van der Waals surface area contributed by atoms with Crippen LogP contribution in [0.1, 0.15) is 96.1 Å². The lowest BCUT2D eigenvalue weighted by atomic mass is 9.62. The smallest absolute Gasteiger partial charge is 0.104 e. The molecule has 0 radical (unpaired) electrons. The number of hydrogen-bond acceptors (Lipinski definition) is 6. The second-order valence-corrected chi connectivity index (χ2v) is 25.1. The average molecular weight is 1210 g/mol. The van der Waals surface area contributed by atoms with Gasteiger partial charge in [0.25, 0.3) is 0 Å². The van der Waals surface area contributed by atoms with Crippen LogP contribution in [0.4, 0.5) is 28.4 Å². The van der Waals surface area contributed by atoms with Gasteiger partial charge >= 0.3 is 0 Å². The maximum Gasteiger partial charge on any atom is 0.104 e. The monoisotopic (exact) mass is 1210 g/mol. The van der Waals surface area contributed by atoms with Gasteiger partial charge in [0.2, 0.25) is 0 Å². The summed E-state index contributed by atoms with van der Waals surface area (Å²) in [4.78, 5) is 2.53. The average Bonchev–Trinajstić information content (AvgIpc) is 1.44. The van der Waals surface area contributed by atoms with E-state index in [1.165, 1.54) is 66.8 Å². The van der Waals surface area contributed by atoms with Crippen LogP contribution in [0.3, 0.4) is 0 Å². The maximum absolute atomic E-state index is 7.49. The number of nitrogens with two attached hydrogens (primary N) is 1. The number of nitrogens with zero attached hydrogens (tertiary/aromatic N) is 1. The zero-order chi connectivity index (χ0) is 62.6. The van der Waals surface area contributed by atoms with Gasteiger partial charge in [0.15, 0.2) is 0 Å². The first kappa shape index (κ1) is 56.4. The molecule has 0 bridgehead atoms. The third kappa shape index (κ3) is 9.40. The molecule has 5 atom stereocenters. The van der Waals surface area contributed by atoms with E-state index in [0.717, 1.165) is 73.2 Å². The largest absolute Gasteiger partial charge is 0.381 e. The normalized spacial score (nSPS) is 18.3. The van der Waals surface area contributed by atoms with Crippen molar-refractivity contribution >= 4 is 39.8 Å². The van der Waals surface area contributed by atoms with Gasteiger partial charge in [0, 0.05) is 35.0 Å². The predicted molar refractivity (Wildman–Crippen MR) is 386 cm³/mol. The topological polar surface area (TPSA) is 77.4 Å². The fourth-order valence-electron chi connectivity index (χ4n) is 15.7. The lowest BCUT2D eigenvalue weighted by Crippen LogP contribution is -2.39. The van der Waals surface area contributed by atoms with Crippen molar-refractivity contribution in [2.75, 3.05) is 10.2 Å². The molecule has 0 saturated heterocycles. The third-order valence-corrected chi connectivity index (χ3v) is 19.8. The molecule has 450 valence electrons. The van der Waals surface area contributed by atoms with Gasteiger partial charge in [-0.3, -0.25) is 5.32 Å². The number of nitrogens with one attached hydrogen (secondary N) is 4. The van der Waals surface area contributed by atoms with E-state index < -0.39 is 16.9 Å². The first-order valence-electron chi connectivity index (χ1n) is 32.7. The van der Waals surface area contributed by atoms with Crippen molar-refractivity contribution in [2.24, 2.45) is 5.73 Å². The Balaban J connectivity index is 0.902. The van der Waals surface area contributed by atoms with Gasteiger partial charge in [-0.25, -0.2) is 0 Å². The highest BCUT2D eigenvalue weighted by atomic mass is 15.2. The van der Waals surface area contributed by atoms with Gasteiger partial charge < -0.3 is 26.6 Å². The molecule has 0 amide bonds. The molecule has 17 rings (SSSR count). The van der Waals surface area contributed by atoms with Crippen molar-refractivity contribution in [3.8, 4) is 22.3 Å². The van der Waals surface area contributed by atoms with E-state index in [0.29, 0.717) is 6.54 Å². The summed E-state index contributed by atoms with van der Waals surface area (Å²) < 4.78 is 0. The van der Waals surface area contributed by atoms with E-state index in [1.54, 1.807) is 0 Å². The molecular formula is C88H68N6. The van der Waals surface area contributed by atoms with Gasteiger partial charge in [-0.1, -0.05) is 279 Å². The molecule has 2 heterocycles. The predicted octanol–water partition coefficient (Wildman–Crippen LogP) is 19.7. The fourth-order valence-corrected chi connectivity index (χ4v) is 15.7. The van der Waals surface area contributed by atoms with Crippen LogP contribution in [-0.4, -0.2) is 0 Å². The minimum atomic E-state index is -0.845. The first-order valence-corrected chi connectivity index (χ1v) is 32.7. The van der Waals surface area contributed by atoms with Gasteiger partial charge in [0.05, 0.1) is 34.3 Å².